The number of aromatic amines is 1. The number of fused-ring (bicyclic) bond motifs is 1. The average Bonchev–Trinajstić information content (AvgIpc) is 3.35. The molecule has 4 aromatic rings. The minimum atomic E-state index is -0.0975. The van der Waals surface area contributed by atoms with E-state index in [1.54, 1.807) is 0 Å². The van der Waals surface area contributed by atoms with E-state index in [1.807, 2.05) is 66.9 Å². The Bertz CT molecular complexity index is 1260. The Labute approximate surface area is 212 Å². The van der Waals surface area contributed by atoms with Crippen molar-refractivity contribution in [2.75, 3.05) is 39.4 Å². The Morgan fingerprint density at radius 1 is 0.972 bits per heavy atom. The fraction of sp³-hybridized carbons (Fsp3) is 0.300. The van der Waals surface area contributed by atoms with E-state index in [0.29, 0.717) is 13.0 Å². The van der Waals surface area contributed by atoms with Crippen molar-refractivity contribution in [3.8, 4) is 11.5 Å². The molecule has 0 radical (unpaired) electrons. The molecule has 0 bridgehead atoms. The van der Waals surface area contributed by atoms with Gasteiger partial charge in [-0.25, -0.2) is 0 Å². The first-order chi connectivity index (χ1) is 17.8. The molecule has 5 rings (SSSR count). The second-order valence-corrected chi connectivity index (χ2v) is 9.19. The van der Waals surface area contributed by atoms with Crippen LogP contribution < -0.4 is 10.1 Å². The largest absolute Gasteiger partial charge is 0.457 e. The molecule has 0 saturated carbocycles. The maximum Gasteiger partial charge on any atom is 0.220 e. The number of morpholine rings is 1. The van der Waals surface area contributed by atoms with Gasteiger partial charge in [-0.05, 0) is 54.4 Å². The lowest BCUT2D eigenvalue weighted by Crippen LogP contribution is -2.38. The molecule has 2 N–H and O–H groups in total. The molecule has 1 saturated heterocycles. The van der Waals surface area contributed by atoms with Crippen LogP contribution in [0.2, 0.25) is 0 Å². The minimum Gasteiger partial charge on any atom is -0.457 e. The molecule has 0 spiro atoms. The topological polar surface area (TPSA) is 66.6 Å². The molecule has 36 heavy (non-hydrogen) atoms. The first-order valence-corrected chi connectivity index (χ1v) is 12.7. The molecular formula is C30H33N3O3. The molecule has 1 amide bonds. The van der Waals surface area contributed by atoms with Crippen LogP contribution in [0.5, 0.6) is 11.5 Å². The Hall–Kier alpha value is -3.61. The zero-order valence-corrected chi connectivity index (χ0v) is 20.5. The van der Waals surface area contributed by atoms with Crippen LogP contribution in [0.3, 0.4) is 0 Å². The average molecular weight is 484 g/mol. The van der Waals surface area contributed by atoms with Crippen molar-refractivity contribution < 1.29 is 14.3 Å². The molecule has 6 nitrogen and oxygen atoms in total. The Kier molecular flexibility index (Phi) is 7.96. The van der Waals surface area contributed by atoms with Crippen molar-refractivity contribution >= 4 is 16.8 Å². The van der Waals surface area contributed by atoms with E-state index >= 15 is 0 Å². The summed E-state index contributed by atoms with van der Waals surface area (Å²) >= 11 is 0. The second-order valence-electron chi connectivity index (χ2n) is 9.19. The lowest BCUT2D eigenvalue weighted by Gasteiger charge is -2.26. The summed E-state index contributed by atoms with van der Waals surface area (Å²) in [5.41, 5.74) is 3.24. The van der Waals surface area contributed by atoms with Crippen LogP contribution in [0.4, 0.5) is 0 Å². The number of rotatable bonds is 10. The summed E-state index contributed by atoms with van der Waals surface area (Å²) in [5.74, 6) is 1.51. The normalized spacial score (nSPS) is 15.0. The molecule has 1 unspecified atom stereocenters. The highest BCUT2D eigenvalue weighted by atomic mass is 16.5. The smallest absolute Gasteiger partial charge is 0.220 e. The third-order valence-electron chi connectivity index (χ3n) is 6.70. The first-order valence-electron chi connectivity index (χ1n) is 12.7. The van der Waals surface area contributed by atoms with Crippen molar-refractivity contribution in [3.05, 3.63) is 96.2 Å². The van der Waals surface area contributed by atoms with Crippen molar-refractivity contribution in [2.24, 2.45) is 0 Å². The highest BCUT2D eigenvalue weighted by Crippen LogP contribution is 2.35. The predicted octanol–water partition coefficient (Wildman–Crippen LogP) is 5.32. The number of aromatic nitrogens is 1. The SMILES string of the molecule is O=C(CC(c1cccc(Oc2ccccc2)c1)c1c[nH]c2ccccc12)NCCCN1CCOCC1. The monoisotopic (exact) mass is 483 g/mol. The predicted molar refractivity (Wildman–Crippen MR) is 143 cm³/mol. The maximum absolute atomic E-state index is 13.1. The van der Waals surface area contributed by atoms with Gasteiger partial charge >= 0.3 is 0 Å². The van der Waals surface area contributed by atoms with Gasteiger partial charge in [-0.2, -0.15) is 0 Å². The number of ether oxygens (including phenoxy) is 2. The third kappa shape index (κ3) is 6.14. The minimum absolute atomic E-state index is 0.0571. The lowest BCUT2D eigenvalue weighted by molar-refractivity contribution is -0.121. The van der Waals surface area contributed by atoms with E-state index in [2.05, 4.69) is 33.4 Å². The molecule has 6 heteroatoms. The van der Waals surface area contributed by atoms with E-state index in [1.165, 1.54) is 0 Å². The number of hydrogen-bond donors (Lipinski definition) is 2. The maximum atomic E-state index is 13.1. The van der Waals surface area contributed by atoms with Gasteiger partial charge in [-0.15, -0.1) is 0 Å². The van der Waals surface area contributed by atoms with Gasteiger partial charge in [0.05, 0.1) is 13.2 Å². The number of carbonyl (C=O) groups is 1. The summed E-state index contributed by atoms with van der Waals surface area (Å²) in [6.07, 6.45) is 3.34. The van der Waals surface area contributed by atoms with Crippen molar-refractivity contribution in [2.45, 2.75) is 18.8 Å². The first kappa shape index (κ1) is 24.1. The van der Waals surface area contributed by atoms with Gasteiger partial charge in [0.25, 0.3) is 0 Å². The van der Waals surface area contributed by atoms with E-state index in [-0.39, 0.29) is 11.8 Å². The van der Waals surface area contributed by atoms with Crippen LogP contribution in [0.25, 0.3) is 10.9 Å². The van der Waals surface area contributed by atoms with E-state index in [4.69, 9.17) is 9.47 Å². The van der Waals surface area contributed by atoms with Gasteiger partial charge < -0.3 is 19.8 Å². The molecule has 2 heterocycles. The van der Waals surface area contributed by atoms with Crippen LogP contribution in [0.1, 0.15) is 29.9 Å². The Morgan fingerprint density at radius 2 is 1.75 bits per heavy atom. The highest BCUT2D eigenvalue weighted by molar-refractivity contribution is 5.86. The number of benzene rings is 3. The number of para-hydroxylation sites is 2. The summed E-state index contributed by atoms with van der Waals surface area (Å²) in [4.78, 5) is 18.9. The molecule has 186 valence electrons. The number of amides is 1. The summed E-state index contributed by atoms with van der Waals surface area (Å²) < 4.78 is 11.5. The van der Waals surface area contributed by atoms with Crippen LogP contribution in [0.15, 0.2) is 85.1 Å². The van der Waals surface area contributed by atoms with Crippen molar-refractivity contribution in [1.82, 2.24) is 15.2 Å². The zero-order chi connectivity index (χ0) is 24.6. The number of H-pyrrole nitrogens is 1. The van der Waals surface area contributed by atoms with Crippen LogP contribution >= 0.6 is 0 Å². The standard InChI is InChI=1S/C30H33N3O3/c34-30(31-14-7-15-33-16-18-35-19-17-33)21-27(28-22-32-29-13-5-4-12-26(28)29)23-8-6-11-25(20-23)36-24-9-2-1-3-10-24/h1-6,8-13,20,22,27,32H,7,14-19,21H2,(H,31,34). The lowest BCUT2D eigenvalue weighted by atomic mass is 9.88. The fourth-order valence-corrected chi connectivity index (χ4v) is 4.82. The van der Waals surface area contributed by atoms with Crippen molar-refractivity contribution in [3.63, 3.8) is 0 Å². The van der Waals surface area contributed by atoms with Gasteiger partial charge in [-0.3, -0.25) is 9.69 Å². The molecule has 1 fully saturated rings. The Morgan fingerprint density at radius 3 is 2.61 bits per heavy atom. The summed E-state index contributed by atoms with van der Waals surface area (Å²) in [5, 5.41) is 4.28. The van der Waals surface area contributed by atoms with Gasteiger partial charge in [0.15, 0.2) is 0 Å². The number of carbonyl (C=O) groups excluding carboxylic acids is 1. The van der Waals surface area contributed by atoms with Gasteiger partial charge in [0.1, 0.15) is 11.5 Å². The quantitative estimate of drug-likeness (QED) is 0.300. The molecular weight excluding hydrogens is 450 g/mol. The highest BCUT2D eigenvalue weighted by Gasteiger charge is 2.22. The summed E-state index contributed by atoms with van der Waals surface area (Å²) in [7, 11) is 0. The summed E-state index contributed by atoms with van der Waals surface area (Å²) in [6, 6.07) is 26.1. The molecule has 1 aliphatic heterocycles. The van der Waals surface area contributed by atoms with Gasteiger partial charge in [0.2, 0.25) is 5.91 Å². The fourth-order valence-electron chi connectivity index (χ4n) is 4.82. The van der Waals surface area contributed by atoms with E-state index in [0.717, 1.165) is 72.8 Å². The third-order valence-corrected chi connectivity index (χ3v) is 6.70. The molecule has 1 atom stereocenters. The zero-order valence-electron chi connectivity index (χ0n) is 20.5. The number of nitrogens with one attached hydrogen (secondary N) is 2. The van der Waals surface area contributed by atoms with Gasteiger partial charge in [0, 0.05) is 49.1 Å². The molecule has 1 aliphatic rings. The molecule has 1 aromatic heterocycles. The van der Waals surface area contributed by atoms with Crippen LogP contribution in [0, 0.1) is 0 Å². The van der Waals surface area contributed by atoms with Crippen LogP contribution in [-0.2, 0) is 9.53 Å². The Balaban J connectivity index is 1.31. The number of hydrogen-bond acceptors (Lipinski definition) is 4. The summed E-state index contributed by atoms with van der Waals surface area (Å²) in [6.45, 7) is 5.19. The van der Waals surface area contributed by atoms with E-state index in [9.17, 15) is 4.79 Å². The van der Waals surface area contributed by atoms with E-state index < -0.39 is 0 Å². The van der Waals surface area contributed by atoms with Crippen molar-refractivity contribution in [1.29, 1.82) is 0 Å². The second kappa shape index (κ2) is 11.9. The number of nitrogens with zero attached hydrogens (tertiary/aromatic N) is 1. The van der Waals surface area contributed by atoms with Gasteiger partial charge in [-0.1, -0.05) is 48.5 Å². The molecule has 3 aromatic carbocycles. The van der Waals surface area contributed by atoms with Crippen LogP contribution in [-0.4, -0.2) is 55.2 Å². The molecule has 0 aliphatic carbocycles.